The van der Waals surface area contributed by atoms with Crippen molar-refractivity contribution < 1.29 is 42.4 Å². The minimum atomic E-state index is -4.04. The first-order valence-corrected chi connectivity index (χ1v) is 18.1. The van der Waals surface area contributed by atoms with Gasteiger partial charge in [0.05, 0.1) is 40.0 Å². The van der Waals surface area contributed by atoms with Crippen LogP contribution in [-0.2, 0) is 29.0 Å². The summed E-state index contributed by atoms with van der Waals surface area (Å²) in [6.45, 7) is 2.04. The third kappa shape index (κ3) is 3.73. The fourth-order valence-electron chi connectivity index (χ4n) is 11.6. The maximum absolute atomic E-state index is 14.2. The van der Waals surface area contributed by atoms with E-state index in [1.54, 1.807) is 39.5 Å². The number of methoxy groups -OCH3 is 3. The summed E-state index contributed by atoms with van der Waals surface area (Å²) in [6, 6.07) is 11.4. The Morgan fingerprint density at radius 2 is 1.72 bits per heavy atom. The molecule has 3 aliphatic carbocycles. The van der Waals surface area contributed by atoms with Crippen LogP contribution >= 0.6 is 11.6 Å². The number of piperidine rings is 2. The van der Waals surface area contributed by atoms with Crippen molar-refractivity contribution in [2.24, 2.45) is 17.8 Å². The lowest BCUT2D eigenvalue weighted by molar-refractivity contribution is -0.314. The first-order chi connectivity index (χ1) is 22.3. The molecule has 2 aromatic carbocycles. The number of benzene rings is 2. The lowest BCUT2D eigenvalue weighted by atomic mass is 9.56. The smallest absolute Gasteiger partial charge is 0.340 e. The van der Waals surface area contributed by atoms with Gasteiger partial charge in [-0.25, -0.2) is 13.2 Å². The molecule has 3 saturated carbocycles. The lowest BCUT2D eigenvalue weighted by Gasteiger charge is -2.64. The van der Waals surface area contributed by atoms with E-state index in [1.165, 1.54) is 30.3 Å². The molecule has 47 heavy (non-hydrogen) atoms. The molecule has 13 heteroatoms. The second kappa shape index (κ2) is 10.4. The van der Waals surface area contributed by atoms with Gasteiger partial charge in [0.15, 0.2) is 0 Å². The van der Waals surface area contributed by atoms with E-state index in [4.69, 9.17) is 30.5 Å². The number of ether oxygens (including phenoxy) is 4. The molecule has 3 saturated heterocycles. The number of fused-ring (bicyclic) bond motifs is 2. The molecule has 4 unspecified atom stereocenters. The van der Waals surface area contributed by atoms with Crippen LogP contribution in [-0.4, -0.2) is 104 Å². The lowest BCUT2D eigenvalue weighted by Crippen LogP contribution is -2.82. The number of rotatable bonds is 8. The Morgan fingerprint density at radius 1 is 1.00 bits per heavy atom. The number of sulfonamides is 1. The van der Waals surface area contributed by atoms with Crippen molar-refractivity contribution in [3.63, 3.8) is 0 Å². The number of nitrogens with one attached hydrogen (secondary N) is 1. The zero-order valence-corrected chi connectivity index (χ0v) is 28.3. The van der Waals surface area contributed by atoms with Gasteiger partial charge < -0.3 is 29.2 Å². The molecule has 8 rings (SSSR count). The van der Waals surface area contributed by atoms with Crippen molar-refractivity contribution in [2.45, 2.75) is 96.7 Å². The van der Waals surface area contributed by atoms with Crippen molar-refractivity contribution in [2.75, 3.05) is 26.1 Å². The van der Waals surface area contributed by atoms with Crippen molar-refractivity contribution in [1.82, 2.24) is 4.90 Å². The molecule has 6 fully saturated rings. The van der Waals surface area contributed by atoms with Crippen LogP contribution in [0.3, 0.4) is 0 Å². The molecule has 3 N–H and O–H groups in total. The summed E-state index contributed by atoms with van der Waals surface area (Å²) in [4.78, 5) is 16.6. The van der Waals surface area contributed by atoms with Gasteiger partial charge in [-0.2, -0.15) is 0 Å². The van der Waals surface area contributed by atoms with Gasteiger partial charge in [0, 0.05) is 62.6 Å². The van der Waals surface area contributed by atoms with Crippen molar-refractivity contribution in [3.05, 3.63) is 59.1 Å². The van der Waals surface area contributed by atoms with Gasteiger partial charge in [-0.15, -0.1) is 0 Å². The number of carbonyl (C=O) groups is 1. The summed E-state index contributed by atoms with van der Waals surface area (Å²) in [6.07, 6.45) is 1.28. The Bertz CT molecular complexity index is 1730. The zero-order chi connectivity index (χ0) is 33.3. The molecule has 3 aliphatic heterocycles. The normalized spacial score (nSPS) is 45.6. The van der Waals surface area contributed by atoms with Crippen LogP contribution in [0.25, 0.3) is 0 Å². The van der Waals surface area contributed by atoms with Gasteiger partial charge in [0.1, 0.15) is 16.8 Å². The minimum absolute atomic E-state index is 0.00616. The van der Waals surface area contributed by atoms with E-state index in [2.05, 4.69) is 9.62 Å². The third-order valence-electron chi connectivity index (χ3n) is 13.1. The van der Waals surface area contributed by atoms with E-state index >= 15 is 0 Å². The van der Waals surface area contributed by atoms with Gasteiger partial charge in [0.25, 0.3) is 10.0 Å². The second-order valence-electron chi connectivity index (χ2n) is 14.3. The number of hydrogen-bond donors (Lipinski definition) is 3. The fourth-order valence-corrected chi connectivity index (χ4v) is 12.8. The maximum atomic E-state index is 14.2. The monoisotopic (exact) mass is 688 g/mol. The summed E-state index contributed by atoms with van der Waals surface area (Å²) < 4.78 is 54.0. The average Bonchev–Trinajstić information content (AvgIpc) is 3.57. The maximum Gasteiger partial charge on any atom is 0.340 e. The molecular weight excluding hydrogens is 648 g/mol. The highest BCUT2D eigenvalue weighted by atomic mass is 35.5. The Labute approximate surface area is 279 Å². The topological polar surface area (TPSA) is 144 Å². The molecule has 254 valence electrons. The van der Waals surface area contributed by atoms with Crippen molar-refractivity contribution in [1.29, 1.82) is 0 Å². The summed E-state index contributed by atoms with van der Waals surface area (Å²) >= 11 is 5.97. The molecule has 0 aromatic heterocycles. The number of hydrogen-bond acceptors (Lipinski definition) is 10. The third-order valence-corrected chi connectivity index (χ3v) is 14.8. The van der Waals surface area contributed by atoms with E-state index in [-0.39, 0.29) is 52.7 Å². The molecule has 13 atom stereocenters. The van der Waals surface area contributed by atoms with Gasteiger partial charge in [0.2, 0.25) is 0 Å². The fraction of sp³-hybridized carbons (Fsp3) is 0.618. The Hall–Kier alpha value is -2.29. The first-order valence-electron chi connectivity index (χ1n) is 16.3. The van der Waals surface area contributed by atoms with Gasteiger partial charge >= 0.3 is 5.97 Å². The van der Waals surface area contributed by atoms with Crippen LogP contribution in [0, 0.1) is 17.8 Å². The number of aliphatic hydroxyl groups is 2. The van der Waals surface area contributed by atoms with Crippen LogP contribution in [0.1, 0.15) is 49.4 Å². The molecule has 6 aliphatic rings. The zero-order valence-electron chi connectivity index (χ0n) is 26.8. The van der Waals surface area contributed by atoms with Crippen molar-refractivity contribution in [3.8, 4) is 0 Å². The van der Waals surface area contributed by atoms with Crippen LogP contribution in [0.2, 0.25) is 5.02 Å². The largest absolute Gasteiger partial charge is 0.453 e. The quantitative estimate of drug-likeness (QED) is 0.354. The molecule has 0 radical (unpaired) electrons. The summed E-state index contributed by atoms with van der Waals surface area (Å²) in [5, 5.41) is 25.9. The van der Waals surface area contributed by atoms with Crippen molar-refractivity contribution >= 4 is 33.3 Å². The van der Waals surface area contributed by atoms with E-state index in [1.807, 2.05) is 6.92 Å². The van der Waals surface area contributed by atoms with Crippen LogP contribution in [0.5, 0.6) is 0 Å². The van der Waals surface area contributed by atoms with E-state index in [0.717, 1.165) is 0 Å². The summed E-state index contributed by atoms with van der Waals surface area (Å²) in [7, 11) is 0.889. The Morgan fingerprint density at radius 3 is 2.40 bits per heavy atom. The highest BCUT2D eigenvalue weighted by Gasteiger charge is 2.91. The molecule has 1 spiro atoms. The minimum Gasteiger partial charge on any atom is -0.453 e. The van der Waals surface area contributed by atoms with Gasteiger partial charge in [-0.3, -0.25) is 9.62 Å². The van der Waals surface area contributed by atoms with E-state index in [9.17, 15) is 23.4 Å². The first kappa shape index (κ1) is 31.9. The SMILES string of the molecule is CO[C@H]1C[C@]2(O)[C@H]3CC4C5(C6C[C@H]1[C@H](OC)[C@@]62O)[C@@H](OC)CC[C@@]4(OC(=O)c1ccccc1NS(=O)(=O)c1ccc(Cl)cc1)[C@H](C)N35. The number of anilines is 1. The number of carbonyl (C=O) groups excluding carboxylic acids is 1. The highest BCUT2D eigenvalue weighted by molar-refractivity contribution is 7.92. The summed E-state index contributed by atoms with van der Waals surface area (Å²) in [5.74, 6) is -1.44. The molecular formula is C34H41ClN2O9S. The van der Waals surface area contributed by atoms with Crippen LogP contribution in [0.15, 0.2) is 53.4 Å². The predicted molar refractivity (Wildman–Crippen MR) is 171 cm³/mol. The van der Waals surface area contributed by atoms with Gasteiger partial charge in [-0.1, -0.05) is 23.7 Å². The molecule has 2 aromatic rings. The van der Waals surface area contributed by atoms with E-state index < -0.39 is 56.4 Å². The summed E-state index contributed by atoms with van der Waals surface area (Å²) in [5.41, 5.74) is -4.54. The number of nitrogens with zero attached hydrogens (tertiary/aromatic N) is 1. The second-order valence-corrected chi connectivity index (χ2v) is 16.4. The molecule has 7 bridgehead atoms. The van der Waals surface area contributed by atoms with E-state index in [0.29, 0.717) is 30.7 Å². The molecule has 0 amide bonds. The Kier molecular flexibility index (Phi) is 7.04. The van der Waals surface area contributed by atoms with Gasteiger partial charge in [-0.05, 0) is 69.0 Å². The molecule has 3 heterocycles. The number of para-hydroxylation sites is 1. The number of esters is 1. The highest BCUT2D eigenvalue weighted by Crippen LogP contribution is 2.77. The van der Waals surface area contributed by atoms with Crippen LogP contribution in [0.4, 0.5) is 5.69 Å². The standard InChI is InChI=1S/C34H41ClN2O9S/c1-18-31(46-30(38)21-7-5-6-8-23(21)36-47(41,42)20-11-9-19(35)10-12-20)14-13-28(44-3)33-25(31)16-27(37(18)33)32(39)17-24(43-2)22-15-26(33)34(32,40)29(22)45-4/h5-12,18,22,24-29,36,39-40H,13-17H2,1-4H3/t18-,22+,24-,25?,26?,27+,28-,29-,31+,32-,33?,34-/m0/s1. The predicted octanol–water partition coefficient (Wildman–Crippen LogP) is 3.22. The molecule has 11 nitrogen and oxygen atoms in total. The Balaban J connectivity index is 1.18. The number of halogens is 1. The average molecular weight is 689 g/mol. The van der Waals surface area contributed by atoms with Crippen LogP contribution < -0.4 is 4.72 Å².